The fraction of sp³-hybridized carbons (Fsp3) is 0.406. The van der Waals surface area contributed by atoms with Crippen LogP contribution in [0, 0.1) is 18.3 Å². The summed E-state index contributed by atoms with van der Waals surface area (Å²) in [5.74, 6) is 1.28. The molecule has 5 nitrogen and oxygen atoms in total. The maximum atomic E-state index is 4.55. The van der Waals surface area contributed by atoms with Crippen LogP contribution in [0.3, 0.4) is 0 Å². The highest BCUT2D eigenvalue weighted by molar-refractivity contribution is 5.60. The van der Waals surface area contributed by atoms with Crippen molar-refractivity contribution < 1.29 is 0 Å². The van der Waals surface area contributed by atoms with Gasteiger partial charge in [-0.3, -0.25) is 4.68 Å². The molecule has 1 spiro atoms. The summed E-state index contributed by atoms with van der Waals surface area (Å²) in [5.41, 5.74) is 7.50. The minimum absolute atomic E-state index is 0.434. The zero-order chi connectivity index (χ0) is 25.2. The molecule has 0 radical (unpaired) electrons. The van der Waals surface area contributed by atoms with Crippen molar-refractivity contribution in [3.05, 3.63) is 102 Å². The lowest BCUT2D eigenvalue weighted by atomic mass is 9.87. The SMILES string of the molecule is Cc1nn(C)cc1-c1ccc(CCC2CC23CCN(CC(c2ccccc2)c2ccccc2)CC3)nn1. The fourth-order valence-corrected chi connectivity index (χ4v) is 6.48. The first kappa shape index (κ1) is 24.1. The van der Waals surface area contributed by atoms with Crippen molar-refractivity contribution in [2.75, 3.05) is 19.6 Å². The first-order valence-electron chi connectivity index (χ1n) is 13.8. The monoisotopic (exact) mass is 491 g/mol. The Bertz CT molecular complexity index is 1270. The van der Waals surface area contributed by atoms with Gasteiger partial charge >= 0.3 is 0 Å². The first-order valence-corrected chi connectivity index (χ1v) is 13.8. The Morgan fingerprint density at radius 1 is 0.892 bits per heavy atom. The van der Waals surface area contributed by atoms with Gasteiger partial charge in [0.05, 0.1) is 17.1 Å². The first-order chi connectivity index (χ1) is 18.1. The lowest BCUT2D eigenvalue weighted by Crippen LogP contribution is -2.38. The fourth-order valence-electron chi connectivity index (χ4n) is 6.48. The van der Waals surface area contributed by atoms with Crippen molar-refractivity contribution >= 4 is 0 Å². The van der Waals surface area contributed by atoms with E-state index in [1.807, 2.05) is 24.9 Å². The molecule has 2 fully saturated rings. The number of aromatic nitrogens is 4. The Hall–Kier alpha value is -3.31. The Labute approximate surface area is 220 Å². The predicted molar refractivity (Wildman–Crippen MR) is 148 cm³/mol. The summed E-state index contributed by atoms with van der Waals surface area (Å²) < 4.78 is 1.83. The summed E-state index contributed by atoms with van der Waals surface area (Å²) in [6.07, 6.45) is 8.33. The number of hydrogen-bond acceptors (Lipinski definition) is 4. The number of benzene rings is 2. The number of rotatable bonds is 8. The highest BCUT2D eigenvalue weighted by Crippen LogP contribution is 2.61. The van der Waals surface area contributed by atoms with Gasteiger partial charge in [0.25, 0.3) is 0 Å². The van der Waals surface area contributed by atoms with E-state index in [9.17, 15) is 0 Å². The normalized spacial score (nSPS) is 18.9. The second kappa shape index (κ2) is 10.2. The molecular formula is C32H37N5. The van der Waals surface area contributed by atoms with Crippen molar-refractivity contribution in [3.63, 3.8) is 0 Å². The molecule has 1 unspecified atom stereocenters. The standard InChI is InChI=1S/C32H37N5/c1-24-29(22-36(2)35-24)31-16-15-28(33-34-31)14-13-27-21-32(27)17-19-37(20-18-32)23-30(25-9-5-3-6-10-25)26-11-7-4-8-12-26/h3-12,15-16,22,27,30H,13-14,17-21,23H2,1-2H3. The van der Waals surface area contributed by atoms with Gasteiger partial charge in [0.15, 0.2) is 0 Å². The number of likely N-dealkylation sites (tertiary alicyclic amines) is 1. The number of piperidine rings is 1. The molecule has 3 heterocycles. The third-order valence-electron chi connectivity index (χ3n) is 8.81. The van der Waals surface area contributed by atoms with Crippen LogP contribution in [0.5, 0.6) is 0 Å². The van der Waals surface area contributed by atoms with Crippen LogP contribution in [0.4, 0.5) is 0 Å². The number of hydrogen-bond donors (Lipinski definition) is 0. The van der Waals surface area contributed by atoms with E-state index in [2.05, 4.69) is 93.0 Å². The predicted octanol–water partition coefficient (Wildman–Crippen LogP) is 6.05. The molecule has 0 amide bonds. The molecule has 1 saturated carbocycles. The minimum atomic E-state index is 0.434. The molecular weight excluding hydrogens is 454 g/mol. The maximum Gasteiger partial charge on any atom is 0.0964 e. The Morgan fingerprint density at radius 2 is 1.57 bits per heavy atom. The van der Waals surface area contributed by atoms with Crippen molar-refractivity contribution in [2.45, 2.75) is 44.9 Å². The van der Waals surface area contributed by atoms with Crippen molar-refractivity contribution in [3.8, 4) is 11.3 Å². The van der Waals surface area contributed by atoms with Gasteiger partial charge < -0.3 is 4.90 Å². The Balaban J connectivity index is 1.02. The lowest BCUT2D eigenvalue weighted by molar-refractivity contribution is 0.158. The molecule has 1 atom stereocenters. The second-order valence-corrected chi connectivity index (χ2v) is 11.2. The Morgan fingerprint density at radius 3 is 2.14 bits per heavy atom. The Kier molecular flexibility index (Phi) is 6.64. The summed E-state index contributed by atoms with van der Waals surface area (Å²) in [6.45, 7) is 5.55. The molecule has 1 saturated heterocycles. The van der Waals surface area contributed by atoms with Gasteiger partial charge in [-0.05, 0) is 86.7 Å². The molecule has 6 rings (SSSR count). The van der Waals surface area contributed by atoms with Gasteiger partial charge in [0, 0.05) is 31.3 Å². The maximum absolute atomic E-state index is 4.55. The van der Waals surface area contributed by atoms with Crippen LogP contribution in [0.2, 0.25) is 0 Å². The average molecular weight is 492 g/mol. The van der Waals surface area contributed by atoms with Crippen LogP contribution in [-0.4, -0.2) is 44.5 Å². The van der Waals surface area contributed by atoms with Crippen LogP contribution in [0.15, 0.2) is 79.0 Å². The van der Waals surface area contributed by atoms with E-state index in [1.165, 1.54) is 49.9 Å². The van der Waals surface area contributed by atoms with Crippen molar-refractivity contribution in [2.24, 2.45) is 18.4 Å². The van der Waals surface area contributed by atoms with Crippen LogP contribution < -0.4 is 0 Å². The molecule has 2 aromatic heterocycles. The molecule has 2 aliphatic rings. The minimum Gasteiger partial charge on any atom is -0.302 e. The van der Waals surface area contributed by atoms with Crippen LogP contribution in [0.25, 0.3) is 11.3 Å². The second-order valence-electron chi connectivity index (χ2n) is 11.2. The molecule has 5 heteroatoms. The number of aryl methyl sites for hydroxylation is 3. The van der Waals surface area contributed by atoms with Gasteiger partial charge in [-0.1, -0.05) is 60.7 Å². The molecule has 190 valence electrons. The van der Waals surface area contributed by atoms with E-state index in [-0.39, 0.29) is 0 Å². The number of nitrogens with zero attached hydrogens (tertiary/aromatic N) is 5. The van der Waals surface area contributed by atoms with Gasteiger partial charge in [-0.2, -0.15) is 15.3 Å². The van der Waals surface area contributed by atoms with E-state index in [4.69, 9.17) is 0 Å². The molecule has 1 aliphatic heterocycles. The lowest BCUT2D eigenvalue weighted by Gasteiger charge is -2.35. The van der Waals surface area contributed by atoms with Crippen molar-refractivity contribution in [1.29, 1.82) is 0 Å². The van der Waals surface area contributed by atoms with Crippen molar-refractivity contribution in [1.82, 2.24) is 24.9 Å². The van der Waals surface area contributed by atoms with Gasteiger partial charge in [0.2, 0.25) is 0 Å². The summed E-state index contributed by atoms with van der Waals surface area (Å²) in [6, 6.07) is 26.3. The molecule has 37 heavy (non-hydrogen) atoms. The third kappa shape index (κ3) is 5.24. The van der Waals surface area contributed by atoms with Crippen LogP contribution in [0.1, 0.15) is 54.1 Å². The smallest absolute Gasteiger partial charge is 0.0964 e. The summed E-state index contributed by atoms with van der Waals surface area (Å²) >= 11 is 0. The summed E-state index contributed by atoms with van der Waals surface area (Å²) in [5, 5.41) is 13.5. The summed E-state index contributed by atoms with van der Waals surface area (Å²) in [4.78, 5) is 2.70. The highest BCUT2D eigenvalue weighted by atomic mass is 15.3. The molecule has 0 bridgehead atoms. The molecule has 0 N–H and O–H groups in total. The van der Waals surface area contributed by atoms with Gasteiger partial charge in [0.1, 0.15) is 0 Å². The zero-order valence-corrected chi connectivity index (χ0v) is 22.1. The zero-order valence-electron chi connectivity index (χ0n) is 22.1. The van der Waals surface area contributed by atoms with Gasteiger partial charge in [-0.15, -0.1) is 0 Å². The molecule has 4 aromatic rings. The van der Waals surface area contributed by atoms with E-state index >= 15 is 0 Å². The van der Waals surface area contributed by atoms with E-state index < -0.39 is 0 Å². The third-order valence-corrected chi connectivity index (χ3v) is 8.81. The largest absolute Gasteiger partial charge is 0.302 e. The van der Waals surface area contributed by atoms with E-state index in [1.54, 1.807) is 0 Å². The van der Waals surface area contributed by atoms with Gasteiger partial charge in [-0.25, -0.2) is 0 Å². The molecule has 2 aromatic carbocycles. The van der Waals surface area contributed by atoms with E-state index in [0.29, 0.717) is 11.3 Å². The molecule has 1 aliphatic carbocycles. The van der Waals surface area contributed by atoms with E-state index in [0.717, 1.165) is 41.5 Å². The quantitative estimate of drug-likeness (QED) is 0.301. The summed E-state index contributed by atoms with van der Waals surface area (Å²) in [7, 11) is 1.94. The average Bonchev–Trinajstić information content (AvgIpc) is 3.50. The van der Waals surface area contributed by atoms with Crippen LogP contribution in [-0.2, 0) is 13.5 Å². The topological polar surface area (TPSA) is 46.8 Å². The van der Waals surface area contributed by atoms with Crippen LogP contribution >= 0.6 is 0 Å². The highest BCUT2D eigenvalue weighted by Gasteiger charge is 2.53.